The Morgan fingerprint density at radius 1 is 1.12 bits per heavy atom. The average molecular weight is 349 g/mol. The molecule has 3 N–H and O–H groups in total. The van der Waals surface area contributed by atoms with E-state index < -0.39 is 5.92 Å². The Morgan fingerprint density at radius 2 is 1.81 bits per heavy atom. The molecule has 0 aliphatic rings. The van der Waals surface area contributed by atoms with Crippen LogP contribution in [0.1, 0.15) is 47.7 Å². The Hall–Kier alpha value is -3.13. The van der Waals surface area contributed by atoms with Gasteiger partial charge in [0.05, 0.1) is 12.0 Å². The smallest absolute Gasteiger partial charge is 0.228 e. The molecule has 0 saturated heterocycles. The van der Waals surface area contributed by atoms with Crippen LogP contribution in [0.4, 0.5) is 5.69 Å². The SMILES string of the molecule is CC(C)CC(C(=O)NCC#N)c1cccc(C(=O)c2ccc(N)cc2)c1. The normalized spacial score (nSPS) is 11.6. The summed E-state index contributed by atoms with van der Waals surface area (Å²) in [5.41, 5.74) is 8.11. The van der Waals surface area contributed by atoms with Crippen molar-refractivity contribution >= 4 is 17.4 Å². The molecule has 1 unspecified atom stereocenters. The van der Waals surface area contributed by atoms with E-state index >= 15 is 0 Å². The predicted molar refractivity (Wildman–Crippen MR) is 102 cm³/mol. The number of nitrogens with zero attached hydrogens (tertiary/aromatic N) is 1. The van der Waals surface area contributed by atoms with E-state index in [0.29, 0.717) is 29.2 Å². The van der Waals surface area contributed by atoms with Crippen LogP contribution in [0, 0.1) is 17.2 Å². The summed E-state index contributed by atoms with van der Waals surface area (Å²) in [4.78, 5) is 25.2. The van der Waals surface area contributed by atoms with Gasteiger partial charge in [-0.2, -0.15) is 5.26 Å². The standard InChI is InChI=1S/C21H23N3O2/c1-14(2)12-19(21(26)24-11-10-22)16-4-3-5-17(13-16)20(25)15-6-8-18(23)9-7-15/h3-9,13-14,19H,11-12,23H2,1-2H3,(H,24,26). The summed E-state index contributed by atoms with van der Waals surface area (Å²) in [6.07, 6.45) is 0.636. The van der Waals surface area contributed by atoms with Crippen molar-refractivity contribution < 1.29 is 9.59 Å². The molecule has 1 amide bonds. The number of carbonyl (C=O) groups is 2. The van der Waals surface area contributed by atoms with Crippen LogP contribution < -0.4 is 11.1 Å². The van der Waals surface area contributed by atoms with Gasteiger partial charge >= 0.3 is 0 Å². The quantitative estimate of drug-likeness (QED) is 0.455. The zero-order valence-corrected chi connectivity index (χ0v) is 15.0. The lowest BCUT2D eigenvalue weighted by molar-refractivity contribution is -0.122. The van der Waals surface area contributed by atoms with Gasteiger partial charge in [0.2, 0.25) is 5.91 Å². The Balaban J connectivity index is 2.31. The number of ketones is 1. The third kappa shape index (κ3) is 4.93. The fraction of sp³-hybridized carbons (Fsp3) is 0.286. The second-order valence-electron chi connectivity index (χ2n) is 6.63. The molecule has 0 saturated carbocycles. The van der Waals surface area contributed by atoms with Gasteiger partial charge in [0.1, 0.15) is 6.54 Å². The largest absolute Gasteiger partial charge is 0.399 e. The first-order valence-corrected chi connectivity index (χ1v) is 8.57. The first kappa shape index (κ1) is 19.2. The second kappa shape index (κ2) is 8.82. The van der Waals surface area contributed by atoms with E-state index in [1.54, 1.807) is 42.5 Å². The van der Waals surface area contributed by atoms with Crippen LogP contribution in [-0.2, 0) is 4.79 Å². The Labute approximate surface area is 153 Å². The van der Waals surface area contributed by atoms with Crippen LogP contribution in [0.15, 0.2) is 48.5 Å². The topological polar surface area (TPSA) is 96.0 Å². The number of rotatable bonds is 7. The molecule has 0 fully saturated rings. The second-order valence-corrected chi connectivity index (χ2v) is 6.63. The summed E-state index contributed by atoms with van der Waals surface area (Å²) >= 11 is 0. The van der Waals surface area contributed by atoms with Gasteiger partial charge in [0, 0.05) is 16.8 Å². The van der Waals surface area contributed by atoms with Gasteiger partial charge in [-0.3, -0.25) is 9.59 Å². The predicted octanol–water partition coefficient (Wildman–Crippen LogP) is 3.27. The maximum atomic E-state index is 12.7. The number of nitrogens with two attached hydrogens (primary N) is 1. The molecule has 1 atom stereocenters. The number of hydrogen-bond acceptors (Lipinski definition) is 4. The van der Waals surface area contributed by atoms with Crippen molar-refractivity contribution in [3.8, 4) is 6.07 Å². The third-order valence-corrected chi connectivity index (χ3v) is 4.09. The van der Waals surface area contributed by atoms with Crippen molar-refractivity contribution in [2.75, 3.05) is 12.3 Å². The van der Waals surface area contributed by atoms with Crippen molar-refractivity contribution in [1.29, 1.82) is 5.26 Å². The van der Waals surface area contributed by atoms with Gasteiger partial charge in [0.15, 0.2) is 5.78 Å². The zero-order chi connectivity index (χ0) is 19.1. The fourth-order valence-electron chi connectivity index (χ4n) is 2.81. The fourth-order valence-corrected chi connectivity index (χ4v) is 2.81. The van der Waals surface area contributed by atoms with Crippen molar-refractivity contribution in [1.82, 2.24) is 5.32 Å². The van der Waals surface area contributed by atoms with Crippen molar-refractivity contribution in [2.45, 2.75) is 26.2 Å². The minimum absolute atomic E-state index is 0.0303. The van der Waals surface area contributed by atoms with E-state index in [1.807, 2.05) is 26.0 Å². The highest BCUT2D eigenvalue weighted by molar-refractivity contribution is 6.09. The summed E-state index contributed by atoms with van der Waals surface area (Å²) in [6, 6.07) is 15.8. The molecular weight excluding hydrogens is 326 g/mol. The summed E-state index contributed by atoms with van der Waals surface area (Å²) in [5.74, 6) is -0.420. The van der Waals surface area contributed by atoms with Crippen LogP contribution in [-0.4, -0.2) is 18.2 Å². The van der Waals surface area contributed by atoms with Crippen LogP contribution in [0.2, 0.25) is 0 Å². The average Bonchev–Trinajstić information content (AvgIpc) is 2.64. The summed E-state index contributed by atoms with van der Waals surface area (Å²) in [7, 11) is 0. The molecule has 5 heteroatoms. The highest BCUT2D eigenvalue weighted by Gasteiger charge is 2.22. The summed E-state index contributed by atoms with van der Waals surface area (Å²) in [5, 5.41) is 11.3. The lowest BCUT2D eigenvalue weighted by atomic mass is 9.88. The molecule has 0 radical (unpaired) electrons. The lowest BCUT2D eigenvalue weighted by Crippen LogP contribution is -2.30. The molecular formula is C21H23N3O2. The number of amides is 1. The first-order chi connectivity index (χ1) is 12.4. The molecule has 0 aliphatic heterocycles. The maximum absolute atomic E-state index is 12.7. The van der Waals surface area contributed by atoms with Crippen molar-refractivity contribution in [3.63, 3.8) is 0 Å². The van der Waals surface area contributed by atoms with Crippen molar-refractivity contribution in [2.24, 2.45) is 5.92 Å². The highest BCUT2D eigenvalue weighted by atomic mass is 16.2. The first-order valence-electron chi connectivity index (χ1n) is 8.57. The Morgan fingerprint density at radius 3 is 2.42 bits per heavy atom. The van der Waals surface area contributed by atoms with Crippen LogP contribution in [0.5, 0.6) is 0 Å². The molecule has 134 valence electrons. The number of nitrogens with one attached hydrogen (secondary N) is 1. The van der Waals surface area contributed by atoms with Crippen LogP contribution >= 0.6 is 0 Å². The number of benzene rings is 2. The molecule has 0 aromatic heterocycles. The molecule has 0 heterocycles. The van der Waals surface area contributed by atoms with Gasteiger partial charge in [0.25, 0.3) is 0 Å². The molecule has 2 aromatic carbocycles. The number of carbonyl (C=O) groups excluding carboxylic acids is 2. The van der Waals surface area contributed by atoms with Crippen LogP contribution in [0.25, 0.3) is 0 Å². The van der Waals surface area contributed by atoms with E-state index in [-0.39, 0.29) is 18.2 Å². The van der Waals surface area contributed by atoms with E-state index in [9.17, 15) is 9.59 Å². The molecule has 0 bridgehead atoms. The lowest BCUT2D eigenvalue weighted by Gasteiger charge is -2.19. The summed E-state index contributed by atoms with van der Waals surface area (Å²) in [6.45, 7) is 4.04. The molecule has 0 aliphatic carbocycles. The number of nitrogen functional groups attached to an aromatic ring is 1. The number of anilines is 1. The molecule has 2 aromatic rings. The van der Waals surface area contributed by atoms with Gasteiger partial charge in [-0.25, -0.2) is 0 Å². The third-order valence-electron chi connectivity index (χ3n) is 4.09. The van der Waals surface area contributed by atoms with Crippen LogP contribution in [0.3, 0.4) is 0 Å². The highest BCUT2D eigenvalue weighted by Crippen LogP contribution is 2.26. The Kier molecular flexibility index (Phi) is 6.51. The van der Waals surface area contributed by atoms with E-state index in [2.05, 4.69) is 5.32 Å². The van der Waals surface area contributed by atoms with Crippen molar-refractivity contribution in [3.05, 3.63) is 65.2 Å². The molecule has 26 heavy (non-hydrogen) atoms. The number of nitriles is 1. The Bertz CT molecular complexity index is 820. The van der Waals surface area contributed by atoms with Gasteiger partial charge < -0.3 is 11.1 Å². The van der Waals surface area contributed by atoms with E-state index in [0.717, 1.165) is 5.56 Å². The minimum atomic E-state index is -0.400. The monoisotopic (exact) mass is 349 g/mol. The zero-order valence-electron chi connectivity index (χ0n) is 15.0. The molecule has 2 rings (SSSR count). The van der Waals surface area contributed by atoms with Gasteiger partial charge in [-0.1, -0.05) is 32.0 Å². The molecule has 0 spiro atoms. The minimum Gasteiger partial charge on any atom is -0.399 e. The van der Waals surface area contributed by atoms with E-state index in [4.69, 9.17) is 11.0 Å². The van der Waals surface area contributed by atoms with E-state index in [1.165, 1.54) is 0 Å². The van der Waals surface area contributed by atoms with Gasteiger partial charge in [-0.05, 0) is 48.2 Å². The van der Waals surface area contributed by atoms with Gasteiger partial charge in [-0.15, -0.1) is 0 Å². The summed E-state index contributed by atoms with van der Waals surface area (Å²) < 4.78 is 0. The number of hydrogen-bond donors (Lipinski definition) is 2. The maximum Gasteiger partial charge on any atom is 0.228 e. The molecule has 5 nitrogen and oxygen atoms in total.